The van der Waals surface area contributed by atoms with Crippen LogP contribution >= 0.6 is 0 Å². The molecule has 6 atom stereocenters. The fourth-order valence-electron chi connectivity index (χ4n) is 20.0. The standard InChI is InChI=1S/C104H114N12O16/c1-45-63(21-27-93(117)118)81-42-84-66(24-30-96(123)124)48(4)72(108-84)36-89-102(54(10)78(114-89)39-87-99(57(13)129-19)51(7)75(111-87)33-69(45)105-81)60(16)131-59(15)101-53(9)77-35-71-47(3)65(23-29-95(121)122)83(107-71)44-86-68(26-32-98(127)128)50(6)74(110-86)38-91-104(56(12)80(116-91)41-92(101)113-77)62(18)132-61(17)103-55(11)79-40-88-100(58(14)130-20)52(8)76(112-88)34-70-46(2)64(22-28-94(119)120)82(106-70)43-85-67(25-31-97(125)126)49(5)73(109-85)37-90(103)115-79/h33-44,57-62,105,107,109,112,114,116H,21-32H2,1-20H3,(H,117,118)(H,119,120)(H,121,122)(H,123,124)(H,125,126)(H,127,128). The first-order valence-corrected chi connectivity index (χ1v) is 44.8. The third-order valence-corrected chi connectivity index (χ3v) is 27.4. The Labute approximate surface area is 763 Å². The highest BCUT2D eigenvalue weighted by Crippen LogP contribution is 2.47. The number of nitrogens with one attached hydrogen (secondary N) is 6. The summed E-state index contributed by atoms with van der Waals surface area (Å²) in [6.45, 7) is 35.8. The molecule has 0 aliphatic carbocycles. The molecule has 686 valence electrons. The minimum Gasteiger partial charge on any atom is -0.481 e. The number of aromatic nitrogens is 12. The highest BCUT2D eigenvalue weighted by atomic mass is 16.5. The molecule has 0 amide bonds. The number of methoxy groups -OCH3 is 2. The van der Waals surface area contributed by atoms with Crippen molar-refractivity contribution in [1.29, 1.82) is 0 Å². The van der Waals surface area contributed by atoms with Gasteiger partial charge in [0.15, 0.2) is 0 Å². The molecule has 24 bridgehead atoms. The zero-order chi connectivity index (χ0) is 94.9. The van der Waals surface area contributed by atoms with Gasteiger partial charge in [0.25, 0.3) is 0 Å². The number of allylic oxidation sites excluding steroid dienone is 9. The SMILES string of the molecule is COC(C)C1=C(C)c2cc3[nH]c(cc4nc(cc5[nH]c(cc1n2)c(C)c5C(C)OC(C)C1=C(C)c2cc5[nH]c(cc6nc(cc7[nH]c(cc1n2)c(C)c7C(C)OC(C)C1=C(C)c2cc7[nH]c(cc8nc(cc9[nH]c(cc1n2)c(C)c9CCC(=O)O)C(CCC(=O)O)=C8C)c(C)c7C(C)OC)C(C)=C6CCC(=O)O)c(CCC(=O)O)c5C)C(C)=C4CCC(=O)O)c(CCC(=O)O)c3C. The average Bonchev–Trinajstić information content (AvgIpc) is 1.61. The molecule has 9 aromatic rings. The largest absolute Gasteiger partial charge is 0.481 e. The molecule has 0 spiro atoms. The lowest BCUT2D eigenvalue weighted by atomic mass is 9.98. The molecule has 132 heavy (non-hydrogen) atoms. The Hall–Kier alpha value is -13.5. The van der Waals surface area contributed by atoms with E-state index in [1.54, 1.807) is 14.2 Å². The van der Waals surface area contributed by atoms with Crippen molar-refractivity contribution in [1.82, 2.24) is 59.8 Å². The summed E-state index contributed by atoms with van der Waals surface area (Å²) >= 11 is 0. The quantitative estimate of drug-likeness (QED) is 0.0199. The molecule has 6 aliphatic rings. The van der Waals surface area contributed by atoms with E-state index in [1.807, 2.05) is 197 Å². The van der Waals surface area contributed by atoms with Gasteiger partial charge >= 0.3 is 35.8 Å². The highest BCUT2D eigenvalue weighted by molar-refractivity contribution is 6.01. The molecular formula is C104H114N12O16. The van der Waals surface area contributed by atoms with E-state index in [0.29, 0.717) is 118 Å². The zero-order valence-corrected chi connectivity index (χ0v) is 78.3. The minimum absolute atomic E-state index is 0.132. The van der Waals surface area contributed by atoms with Crippen molar-refractivity contribution in [3.63, 3.8) is 0 Å². The molecule has 28 nitrogen and oxygen atoms in total. The summed E-state index contributed by atoms with van der Waals surface area (Å²) in [6, 6.07) is 23.6. The number of nitrogens with zero attached hydrogens (tertiary/aromatic N) is 6. The second-order valence-corrected chi connectivity index (χ2v) is 35.6. The Morgan fingerprint density at radius 1 is 0.250 bits per heavy atom. The number of aromatic amines is 6. The number of hydrogen-bond acceptors (Lipinski definition) is 16. The van der Waals surface area contributed by atoms with Crippen LogP contribution < -0.4 is 0 Å². The van der Waals surface area contributed by atoms with Crippen LogP contribution in [-0.2, 0) is 67.0 Å². The number of aryl methyl sites for hydroxylation is 9. The zero-order valence-electron chi connectivity index (χ0n) is 78.3. The number of carboxylic acids is 6. The van der Waals surface area contributed by atoms with E-state index in [0.717, 1.165) is 150 Å². The third kappa shape index (κ3) is 18.2. The average molecular weight is 1790 g/mol. The van der Waals surface area contributed by atoms with E-state index in [2.05, 4.69) is 29.9 Å². The third-order valence-electron chi connectivity index (χ3n) is 27.4. The molecule has 28 heteroatoms. The molecule has 6 unspecified atom stereocenters. The maximum atomic E-state index is 12.6. The summed E-state index contributed by atoms with van der Waals surface area (Å²) in [4.78, 5) is 129. The van der Waals surface area contributed by atoms with Crippen LogP contribution in [0.5, 0.6) is 0 Å². The van der Waals surface area contributed by atoms with Gasteiger partial charge in [-0.25, -0.2) is 29.9 Å². The van der Waals surface area contributed by atoms with Gasteiger partial charge < -0.3 is 79.5 Å². The van der Waals surface area contributed by atoms with Gasteiger partial charge in [0.1, 0.15) is 0 Å². The van der Waals surface area contributed by atoms with Crippen LogP contribution in [0.2, 0.25) is 0 Å². The maximum Gasteiger partial charge on any atom is 0.303 e. The Kier molecular flexibility index (Phi) is 26.4. The summed E-state index contributed by atoms with van der Waals surface area (Å²) in [6.07, 6.45) is -3.53. The van der Waals surface area contributed by atoms with Crippen molar-refractivity contribution in [2.24, 2.45) is 0 Å². The number of aliphatic carboxylic acids is 6. The molecule has 0 fully saturated rings. The van der Waals surface area contributed by atoms with Crippen LogP contribution in [0.15, 0.2) is 72.8 Å². The lowest BCUT2D eigenvalue weighted by molar-refractivity contribution is -0.138. The van der Waals surface area contributed by atoms with E-state index < -0.39 is 60.2 Å². The highest BCUT2D eigenvalue weighted by Gasteiger charge is 2.34. The van der Waals surface area contributed by atoms with Gasteiger partial charge in [-0.05, 0) is 336 Å². The Bertz CT molecular complexity index is 7180. The lowest BCUT2D eigenvalue weighted by Gasteiger charge is -2.22. The maximum absolute atomic E-state index is 12.6. The van der Waals surface area contributed by atoms with Crippen molar-refractivity contribution in [2.45, 2.75) is 238 Å². The Balaban J connectivity index is 0.915. The van der Waals surface area contributed by atoms with Gasteiger partial charge in [0.05, 0.1) is 105 Å². The summed E-state index contributed by atoms with van der Waals surface area (Å²) < 4.78 is 27.2. The van der Waals surface area contributed by atoms with Crippen molar-refractivity contribution in [3.8, 4) is 0 Å². The monoisotopic (exact) mass is 1790 g/mol. The van der Waals surface area contributed by atoms with E-state index >= 15 is 0 Å². The number of fused-ring (bicyclic) bond motifs is 24. The first-order chi connectivity index (χ1) is 62.7. The molecule has 15 rings (SSSR count). The van der Waals surface area contributed by atoms with Crippen LogP contribution in [0.4, 0.5) is 0 Å². The van der Waals surface area contributed by atoms with Crippen LogP contribution in [0.25, 0.3) is 133 Å². The number of carboxylic acid groups (broad SMARTS) is 6. The van der Waals surface area contributed by atoms with E-state index in [9.17, 15) is 59.4 Å². The molecular weight excluding hydrogens is 1670 g/mol. The first-order valence-electron chi connectivity index (χ1n) is 44.8. The molecule has 0 radical (unpaired) electrons. The van der Waals surface area contributed by atoms with Gasteiger partial charge in [0.2, 0.25) is 0 Å². The molecule has 15 heterocycles. The number of ether oxygens (including phenoxy) is 4. The van der Waals surface area contributed by atoms with Crippen LogP contribution in [0, 0.1) is 41.5 Å². The minimum atomic E-state index is -0.990. The van der Waals surface area contributed by atoms with Crippen LogP contribution in [0.3, 0.4) is 0 Å². The van der Waals surface area contributed by atoms with Crippen molar-refractivity contribution in [2.75, 3.05) is 14.2 Å². The van der Waals surface area contributed by atoms with Crippen LogP contribution in [0.1, 0.15) is 294 Å². The number of rotatable bonds is 30. The van der Waals surface area contributed by atoms with Gasteiger partial charge in [-0.2, -0.15) is 0 Å². The van der Waals surface area contributed by atoms with Crippen molar-refractivity contribution in [3.05, 3.63) is 208 Å². The molecule has 0 saturated carbocycles. The Morgan fingerprint density at radius 3 is 0.720 bits per heavy atom. The normalized spacial score (nSPS) is 15.0. The van der Waals surface area contributed by atoms with E-state index in [-0.39, 0.29) is 89.3 Å². The predicted molar refractivity (Wildman–Crippen MR) is 515 cm³/mol. The summed E-state index contributed by atoms with van der Waals surface area (Å²) in [7, 11) is 3.32. The number of carbonyl (C=O) groups is 6. The second-order valence-electron chi connectivity index (χ2n) is 35.6. The lowest BCUT2D eigenvalue weighted by Crippen LogP contribution is -2.14. The molecule has 12 N–H and O–H groups in total. The van der Waals surface area contributed by atoms with Crippen LogP contribution in [-0.4, -0.2) is 159 Å². The van der Waals surface area contributed by atoms with E-state index in [4.69, 9.17) is 48.9 Å². The number of H-pyrrole nitrogens is 6. The van der Waals surface area contributed by atoms with E-state index in [1.165, 1.54) is 0 Å². The molecule has 0 saturated heterocycles. The predicted octanol–water partition coefficient (Wildman–Crippen LogP) is 21.7. The Morgan fingerprint density at radius 2 is 0.455 bits per heavy atom. The van der Waals surface area contributed by atoms with Crippen molar-refractivity contribution < 1.29 is 78.4 Å². The molecule has 9 aromatic heterocycles. The topological polar surface area (TPSA) is 433 Å². The van der Waals surface area contributed by atoms with Gasteiger partial charge in [-0.15, -0.1) is 0 Å². The summed E-state index contributed by atoms with van der Waals surface area (Å²) in [5.74, 6) is -5.83. The molecule has 0 aromatic carbocycles. The van der Waals surface area contributed by atoms with Gasteiger partial charge in [0, 0.05) is 152 Å². The first kappa shape index (κ1) is 93.1. The second kappa shape index (κ2) is 37.4. The number of hydrogen-bond donors (Lipinski definition) is 12. The smallest absolute Gasteiger partial charge is 0.303 e. The molecule has 6 aliphatic heterocycles. The fourth-order valence-corrected chi connectivity index (χ4v) is 20.0. The fraction of sp³-hybridized carbons (Fsp3) is 0.365. The van der Waals surface area contributed by atoms with Gasteiger partial charge in [-0.1, -0.05) is 0 Å². The van der Waals surface area contributed by atoms with Gasteiger partial charge in [-0.3, -0.25) is 28.8 Å². The van der Waals surface area contributed by atoms with Crippen molar-refractivity contribution >= 4 is 169 Å². The summed E-state index contributed by atoms with van der Waals surface area (Å²) in [5.41, 5.74) is 34.4. The summed E-state index contributed by atoms with van der Waals surface area (Å²) in [5, 5.41) is 61.0.